The summed E-state index contributed by atoms with van der Waals surface area (Å²) >= 11 is 0. The Hall–Kier alpha value is -1.10. The second-order valence-electron chi connectivity index (χ2n) is 5.87. The van der Waals surface area contributed by atoms with Gasteiger partial charge in [-0.2, -0.15) is 0 Å². The van der Waals surface area contributed by atoms with Crippen molar-refractivity contribution in [2.45, 2.75) is 58.0 Å². The van der Waals surface area contributed by atoms with Crippen molar-refractivity contribution in [2.75, 3.05) is 13.6 Å². The largest absolute Gasteiger partial charge is 0.481 e. The molecule has 0 bridgehead atoms. The minimum Gasteiger partial charge on any atom is -0.481 e. The summed E-state index contributed by atoms with van der Waals surface area (Å²) in [4.78, 5) is 24.8. The summed E-state index contributed by atoms with van der Waals surface area (Å²) in [5.41, 5.74) is 0. The maximum Gasteiger partial charge on any atom is 0.305 e. The van der Waals surface area contributed by atoms with Gasteiger partial charge in [0.2, 0.25) is 5.91 Å². The van der Waals surface area contributed by atoms with Gasteiger partial charge in [-0.1, -0.05) is 26.7 Å². The number of hydrogen-bond donors (Lipinski definition) is 2. The first-order chi connectivity index (χ1) is 8.90. The molecule has 110 valence electrons. The molecule has 1 aliphatic carbocycles. The molecule has 0 heterocycles. The maximum atomic E-state index is 12.0. The SMILES string of the molecule is CC(C)[C@@H](CC(=O)O)NC(=O)CN(C)C1CCCC1. The van der Waals surface area contributed by atoms with Crippen LogP contribution in [-0.4, -0.2) is 47.6 Å². The Morgan fingerprint density at radius 3 is 2.37 bits per heavy atom. The van der Waals surface area contributed by atoms with Crippen molar-refractivity contribution >= 4 is 11.9 Å². The highest BCUT2D eigenvalue weighted by Gasteiger charge is 2.23. The molecule has 1 amide bonds. The highest BCUT2D eigenvalue weighted by molar-refractivity contribution is 5.79. The predicted molar refractivity (Wildman–Crippen MR) is 73.9 cm³/mol. The summed E-state index contributed by atoms with van der Waals surface area (Å²) in [6.45, 7) is 4.21. The van der Waals surface area contributed by atoms with Gasteiger partial charge in [-0.15, -0.1) is 0 Å². The van der Waals surface area contributed by atoms with Crippen LogP contribution in [0, 0.1) is 5.92 Å². The van der Waals surface area contributed by atoms with Crippen LogP contribution in [-0.2, 0) is 9.59 Å². The Balaban J connectivity index is 2.40. The minimum absolute atomic E-state index is 0.0173. The number of carboxylic acid groups (broad SMARTS) is 1. The molecule has 1 saturated carbocycles. The van der Waals surface area contributed by atoms with Crippen molar-refractivity contribution in [2.24, 2.45) is 5.92 Å². The number of rotatable bonds is 7. The highest BCUT2D eigenvalue weighted by atomic mass is 16.4. The van der Waals surface area contributed by atoms with Crippen LogP contribution in [0.15, 0.2) is 0 Å². The third kappa shape index (κ3) is 5.59. The molecule has 19 heavy (non-hydrogen) atoms. The molecular formula is C14H26N2O3. The summed E-state index contributed by atoms with van der Waals surface area (Å²) in [7, 11) is 1.97. The molecule has 1 fully saturated rings. The van der Waals surface area contributed by atoms with Crippen molar-refractivity contribution in [3.63, 3.8) is 0 Å². The van der Waals surface area contributed by atoms with E-state index in [0.717, 1.165) is 12.8 Å². The summed E-state index contributed by atoms with van der Waals surface area (Å²) in [5.74, 6) is -0.825. The van der Waals surface area contributed by atoms with Crippen LogP contribution in [0.1, 0.15) is 46.0 Å². The van der Waals surface area contributed by atoms with E-state index < -0.39 is 5.97 Å². The zero-order chi connectivity index (χ0) is 14.4. The number of carboxylic acids is 1. The normalized spacial score (nSPS) is 17.9. The van der Waals surface area contributed by atoms with Crippen LogP contribution in [0.3, 0.4) is 0 Å². The number of aliphatic carboxylic acids is 1. The fourth-order valence-electron chi connectivity index (χ4n) is 2.59. The monoisotopic (exact) mass is 270 g/mol. The summed E-state index contributed by atoms with van der Waals surface area (Å²) in [6, 6.07) is 0.213. The van der Waals surface area contributed by atoms with Crippen molar-refractivity contribution in [3.05, 3.63) is 0 Å². The van der Waals surface area contributed by atoms with Gasteiger partial charge >= 0.3 is 5.97 Å². The van der Waals surface area contributed by atoms with E-state index in [1.165, 1.54) is 12.8 Å². The molecule has 0 aromatic rings. The zero-order valence-electron chi connectivity index (χ0n) is 12.2. The van der Waals surface area contributed by atoms with E-state index in [-0.39, 0.29) is 24.3 Å². The van der Waals surface area contributed by atoms with Crippen molar-refractivity contribution in [1.82, 2.24) is 10.2 Å². The van der Waals surface area contributed by atoms with E-state index >= 15 is 0 Å². The molecule has 1 aliphatic rings. The van der Waals surface area contributed by atoms with Gasteiger partial charge in [0.25, 0.3) is 0 Å². The molecule has 0 spiro atoms. The fourth-order valence-corrected chi connectivity index (χ4v) is 2.59. The van der Waals surface area contributed by atoms with Crippen LogP contribution in [0.4, 0.5) is 0 Å². The average Bonchev–Trinajstić information content (AvgIpc) is 2.80. The Kier molecular flexibility index (Phi) is 6.28. The molecule has 5 nitrogen and oxygen atoms in total. The highest BCUT2D eigenvalue weighted by Crippen LogP contribution is 2.22. The number of nitrogens with one attached hydrogen (secondary N) is 1. The van der Waals surface area contributed by atoms with Crippen molar-refractivity contribution in [3.8, 4) is 0 Å². The minimum atomic E-state index is -0.872. The smallest absolute Gasteiger partial charge is 0.305 e. The van der Waals surface area contributed by atoms with Crippen LogP contribution >= 0.6 is 0 Å². The van der Waals surface area contributed by atoms with Crippen LogP contribution in [0.5, 0.6) is 0 Å². The van der Waals surface area contributed by atoms with Crippen molar-refractivity contribution in [1.29, 1.82) is 0 Å². The molecule has 1 atom stereocenters. The Bertz CT molecular complexity index is 312. The first kappa shape index (κ1) is 16.0. The van der Waals surface area contributed by atoms with Crippen LogP contribution in [0.2, 0.25) is 0 Å². The van der Waals surface area contributed by atoms with E-state index in [2.05, 4.69) is 10.2 Å². The lowest BCUT2D eigenvalue weighted by Gasteiger charge is -2.26. The van der Waals surface area contributed by atoms with E-state index in [1.54, 1.807) is 0 Å². The van der Waals surface area contributed by atoms with Gasteiger partial charge in [-0.05, 0) is 25.8 Å². The predicted octanol–water partition coefficient (Wildman–Crippen LogP) is 1.48. The Morgan fingerprint density at radius 2 is 1.89 bits per heavy atom. The molecule has 1 rings (SSSR count). The first-order valence-electron chi connectivity index (χ1n) is 7.11. The van der Waals surface area contributed by atoms with Gasteiger partial charge in [0.15, 0.2) is 0 Å². The Labute approximate surface area is 115 Å². The number of nitrogens with zero attached hydrogens (tertiary/aromatic N) is 1. The van der Waals surface area contributed by atoms with Gasteiger partial charge in [0.1, 0.15) is 0 Å². The van der Waals surface area contributed by atoms with Gasteiger partial charge in [-0.3, -0.25) is 14.5 Å². The molecule has 2 N–H and O–H groups in total. The van der Waals surface area contributed by atoms with Crippen LogP contribution in [0.25, 0.3) is 0 Å². The van der Waals surface area contributed by atoms with Gasteiger partial charge in [-0.25, -0.2) is 0 Å². The molecule has 0 saturated heterocycles. The second kappa shape index (κ2) is 7.48. The number of carbonyl (C=O) groups is 2. The summed E-state index contributed by atoms with van der Waals surface area (Å²) in [5, 5.41) is 11.7. The Morgan fingerprint density at radius 1 is 1.32 bits per heavy atom. The number of carbonyl (C=O) groups excluding carboxylic acids is 1. The zero-order valence-corrected chi connectivity index (χ0v) is 12.2. The van der Waals surface area contributed by atoms with Gasteiger partial charge in [0, 0.05) is 12.1 Å². The van der Waals surface area contributed by atoms with E-state index in [0.29, 0.717) is 12.6 Å². The second-order valence-corrected chi connectivity index (χ2v) is 5.87. The average molecular weight is 270 g/mol. The lowest BCUT2D eigenvalue weighted by molar-refractivity contribution is -0.138. The van der Waals surface area contributed by atoms with E-state index in [4.69, 9.17) is 5.11 Å². The fraction of sp³-hybridized carbons (Fsp3) is 0.857. The summed E-state index contributed by atoms with van der Waals surface area (Å²) in [6.07, 6.45) is 4.78. The third-order valence-corrected chi connectivity index (χ3v) is 3.89. The molecule has 5 heteroatoms. The number of likely N-dealkylation sites (N-methyl/N-ethyl adjacent to an activating group) is 1. The lowest BCUT2D eigenvalue weighted by Crippen LogP contribution is -2.46. The summed E-state index contributed by atoms with van der Waals surface area (Å²) < 4.78 is 0. The van der Waals surface area contributed by atoms with Gasteiger partial charge in [0.05, 0.1) is 13.0 Å². The lowest BCUT2D eigenvalue weighted by atomic mass is 10.0. The number of amides is 1. The maximum absolute atomic E-state index is 12.0. The molecule has 0 aromatic carbocycles. The molecular weight excluding hydrogens is 244 g/mol. The van der Waals surface area contributed by atoms with E-state index in [1.807, 2.05) is 20.9 Å². The van der Waals surface area contributed by atoms with Crippen LogP contribution < -0.4 is 5.32 Å². The number of hydrogen-bond acceptors (Lipinski definition) is 3. The molecule has 0 aromatic heterocycles. The quantitative estimate of drug-likeness (QED) is 0.735. The third-order valence-electron chi connectivity index (χ3n) is 3.89. The first-order valence-corrected chi connectivity index (χ1v) is 7.11. The standard InChI is InChI=1S/C14H26N2O3/c1-10(2)12(8-14(18)19)15-13(17)9-16(3)11-6-4-5-7-11/h10-12H,4-9H2,1-3H3,(H,15,17)(H,18,19)/t12-/m1/s1. The van der Waals surface area contributed by atoms with Crippen molar-refractivity contribution < 1.29 is 14.7 Å². The molecule has 0 unspecified atom stereocenters. The van der Waals surface area contributed by atoms with Gasteiger partial charge < -0.3 is 10.4 Å². The molecule has 0 radical (unpaired) electrons. The topological polar surface area (TPSA) is 69.6 Å². The van der Waals surface area contributed by atoms with E-state index in [9.17, 15) is 9.59 Å². The molecule has 0 aliphatic heterocycles.